The van der Waals surface area contributed by atoms with Gasteiger partial charge in [-0.3, -0.25) is 0 Å². The monoisotopic (exact) mass is 285 g/mol. The number of carbonyl (C=O) groups excluding carboxylic acids is 1. The molecule has 0 spiro atoms. The third kappa shape index (κ3) is 5.96. The predicted molar refractivity (Wildman–Crippen MR) is 81.6 cm³/mol. The van der Waals surface area contributed by atoms with Crippen molar-refractivity contribution in [3.63, 3.8) is 0 Å². The molecule has 0 amide bonds. The molecule has 0 aliphatic carbocycles. The summed E-state index contributed by atoms with van der Waals surface area (Å²) >= 11 is 0. The number of benzene rings is 1. The van der Waals surface area contributed by atoms with Gasteiger partial charge in [-0.15, -0.1) is 0 Å². The van der Waals surface area contributed by atoms with E-state index < -0.39 is 5.97 Å². The van der Waals surface area contributed by atoms with Crippen molar-refractivity contribution in [2.45, 2.75) is 19.8 Å². The van der Waals surface area contributed by atoms with Crippen LogP contribution >= 0.6 is 0 Å². The second kappa shape index (κ2) is 9.38. The van der Waals surface area contributed by atoms with E-state index in [1.54, 1.807) is 12.1 Å². The maximum absolute atomic E-state index is 11.6. The summed E-state index contributed by atoms with van der Waals surface area (Å²) in [6.45, 7) is 6.32. The second-order valence-corrected chi connectivity index (χ2v) is 4.33. The van der Waals surface area contributed by atoms with Crippen LogP contribution in [-0.4, -0.2) is 19.2 Å². The first-order chi connectivity index (χ1) is 10.2. The number of nitrogens with zero attached hydrogens (tertiary/aromatic N) is 1. The smallest absolute Gasteiger partial charge is 0.349 e. The molecule has 0 saturated heterocycles. The van der Waals surface area contributed by atoms with Gasteiger partial charge in [0.1, 0.15) is 24.0 Å². The van der Waals surface area contributed by atoms with Gasteiger partial charge in [-0.2, -0.15) is 5.26 Å². The van der Waals surface area contributed by atoms with Crippen LogP contribution in [-0.2, 0) is 9.53 Å². The summed E-state index contributed by atoms with van der Waals surface area (Å²) in [6.07, 6.45) is 5.03. The molecule has 110 valence electrons. The molecule has 0 bridgehead atoms. The summed E-state index contributed by atoms with van der Waals surface area (Å²) in [4.78, 5) is 11.6. The first-order valence-electron chi connectivity index (χ1n) is 6.84. The third-order valence-electron chi connectivity index (χ3n) is 2.63. The van der Waals surface area contributed by atoms with E-state index in [-0.39, 0.29) is 12.2 Å². The van der Waals surface area contributed by atoms with Crippen molar-refractivity contribution in [1.82, 2.24) is 0 Å². The molecule has 0 atom stereocenters. The summed E-state index contributed by atoms with van der Waals surface area (Å²) in [6, 6.07) is 9.04. The molecular formula is C17H19NO3. The van der Waals surface area contributed by atoms with E-state index in [1.807, 2.05) is 18.2 Å². The Kier molecular flexibility index (Phi) is 7.37. The van der Waals surface area contributed by atoms with E-state index in [9.17, 15) is 4.79 Å². The summed E-state index contributed by atoms with van der Waals surface area (Å²) in [5.74, 6) is 0.119. The Morgan fingerprint density at radius 2 is 2.10 bits per heavy atom. The number of nitriles is 1. The molecule has 0 radical (unpaired) electrons. The number of unbranched alkanes of at least 4 members (excludes halogenated alkanes) is 1. The average molecular weight is 285 g/mol. The summed E-state index contributed by atoms with van der Waals surface area (Å²) in [5, 5.41) is 8.99. The highest BCUT2D eigenvalue weighted by atomic mass is 16.5. The molecular weight excluding hydrogens is 266 g/mol. The molecule has 1 rings (SSSR count). The van der Waals surface area contributed by atoms with Crippen LogP contribution in [0, 0.1) is 11.3 Å². The van der Waals surface area contributed by atoms with Gasteiger partial charge in [-0.1, -0.05) is 38.1 Å². The van der Waals surface area contributed by atoms with Gasteiger partial charge in [0.2, 0.25) is 0 Å². The Morgan fingerprint density at radius 1 is 1.38 bits per heavy atom. The Balaban J connectivity index is 2.71. The fourth-order valence-electron chi connectivity index (χ4n) is 1.51. The summed E-state index contributed by atoms with van der Waals surface area (Å²) < 4.78 is 10.4. The van der Waals surface area contributed by atoms with Crippen molar-refractivity contribution >= 4 is 12.0 Å². The van der Waals surface area contributed by atoms with Crippen LogP contribution in [0.1, 0.15) is 25.3 Å². The lowest BCUT2D eigenvalue weighted by molar-refractivity contribution is -0.137. The SMILES string of the molecule is C=CCOC(=O)/C(C#N)=C\c1ccc(OCCCC)cc1. The third-order valence-corrected chi connectivity index (χ3v) is 2.63. The normalized spacial score (nSPS) is 10.6. The van der Waals surface area contributed by atoms with Crippen molar-refractivity contribution in [1.29, 1.82) is 5.26 Å². The van der Waals surface area contributed by atoms with Crippen LogP contribution in [0.15, 0.2) is 42.5 Å². The highest BCUT2D eigenvalue weighted by molar-refractivity contribution is 5.97. The standard InChI is InChI=1S/C17H19NO3/c1-3-5-11-20-16-8-6-14(7-9-16)12-15(13-18)17(19)21-10-4-2/h4,6-9,12H,2-3,5,10-11H2,1H3/b15-12-. The van der Waals surface area contributed by atoms with Gasteiger partial charge in [-0.05, 0) is 30.2 Å². The fraction of sp³-hybridized carbons (Fsp3) is 0.294. The maximum Gasteiger partial charge on any atom is 0.349 e. The topological polar surface area (TPSA) is 59.3 Å². The first kappa shape index (κ1) is 16.5. The van der Waals surface area contributed by atoms with Gasteiger partial charge in [0.15, 0.2) is 0 Å². The van der Waals surface area contributed by atoms with Gasteiger partial charge in [0.05, 0.1) is 6.61 Å². The molecule has 0 fully saturated rings. The van der Waals surface area contributed by atoms with Gasteiger partial charge in [0, 0.05) is 0 Å². The van der Waals surface area contributed by atoms with Crippen LogP contribution in [0.4, 0.5) is 0 Å². The molecule has 0 N–H and O–H groups in total. The zero-order chi connectivity index (χ0) is 15.5. The number of hydrogen-bond donors (Lipinski definition) is 0. The molecule has 0 heterocycles. The highest BCUT2D eigenvalue weighted by Crippen LogP contribution is 2.15. The maximum atomic E-state index is 11.6. The molecule has 1 aromatic carbocycles. The lowest BCUT2D eigenvalue weighted by Gasteiger charge is -2.05. The molecule has 0 aromatic heterocycles. The van der Waals surface area contributed by atoms with Crippen LogP contribution in [0.3, 0.4) is 0 Å². The molecule has 1 aromatic rings. The van der Waals surface area contributed by atoms with Crippen LogP contribution in [0.2, 0.25) is 0 Å². The summed E-state index contributed by atoms with van der Waals surface area (Å²) in [5.41, 5.74) is 0.696. The van der Waals surface area contributed by atoms with Crippen LogP contribution in [0.25, 0.3) is 6.08 Å². The molecule has 0 unspecified atom stereocenters. The van der Waals surface area contributed by atoms with Gasteiger partial charge >= 0.3 is 5.97 Å². The average Bonchev–Trinajstić information content (AvgIpc) is 2.52. The minimum absolute atomic E-state index is 0.0449. The van der Waals surface area contributed by atoms with E-state index in [0.29, 0.717) is 6.61 Å². The molecule has 0 aliphatic rings. The quantitative estimate of drug-likeness (QED) is 0.241. The molecule has 4 nitrogen and oxygen atoms in total. The fourth-order valence-corrected chi connectivity index (χ4v) is 1.51. The number of carbonyl (C=O) groups is 1. The van der Waals surface area contributed by atoms with E-state index in [4.69, 9.17) is 14.7 Å². The van der Waals surface area contributed by atoms with Crippen molar-refractivity contribution in [2.24, 2.45) is 0 Å². The Morgan fingerprint density at radius 3 is 2.67 bits per heavy atom. The lowest BCUT2D eigenvalue weighted by Crippen LogP contribution is -2.06. The van der Waals surface area contributed by atoms with Crippen molar-refractivity contribution in [3.05, 3.63) is 48.1 Å². The van der Waals surface area contributed by atoms with Crippen molar-refractivity contribution < 1.29 is 14.3 Å². The van der Waals surface area contributed by atoms with Crippen LogP contribution in [0.5, 0.6) is 5.75 Å². The number of rotatable bonds is 8. The Bertz CT molecular complexity index is 538. The summed E-state index contributed by atoms with van der Waals surface area (Å²) in [7, 11) is 0. The van der Waals surface area contributed by atoms with Gasteiger partial charge in [-0.25, -0.2) is 4.79 Å². The molecule has 21 heavy (non-hydrogen) atoms. The second-order valence-electron chi connectivity index (χ2n) is 4.33. The number of esters is 1. The van der Waals surface area contributed by atoms with Crippen molar-refractivity contribution in [3.8, 4) is 11.8 Å². The lowest BCUT2D eigenvalue weighted by atomic mass is 10.1. The van der Waals surface area contributed by atoms with Crippen molar-refractivity contribution in [2.75, 3.05) is 13.2 Å². The predicted octanol–water partition coefficient (Wildman–Crippen LogP) is 3.50. The first-order valence-corrected chi connectivity index (χ1v) is 6.84. The number of ether oxygens (including phenoxy) is 2. The highest BCUT2D eigenvalue weighted by Gasteiger charge is 2.09. The minimum atomic E-state index is -0.652. The van der Waals surface area contributed by atoms with Crippen LogP contribution < -0.4 is 4.74 Å². The Labute approximate surface area is 125 Å². The molecule has 4 heteroatoms. The molecule has 0 saturated carbocycles. The zero-order valence-corrected chi connectivity index (χ0v) is 12.2. The van der Waals surface area contributed by atoms with E-state index >= 15 is 0 Å². The van der Waals surface area contributed by atoms with E-state index in [1.165, 1.54) is 12.2 Å². The van der Waals surface area contributed by atoms with Gasteiger partial charge < -0.3 is 9.47 Å². The largest absolute Gasteiger partial charge is 0.494 e. The molecule has 0 aliphatic heterocycles. The minimum Gasteiger partial charge on any atom is -0.494 e. The van der Waals surface area contributed by atoms with E-state index in [2.05, 4.69) is 13.5 Å². The van der Waals surface area contributed by atoms with Gasteiger partial charge in [0.25, 0.3) is 0 Å². The van der Waals surface area contributed by atoms with E-state index in [0.717, 1.165) is 24.2 Å². The zero-order valence-electron chi connectivity index (χ0n) is 12.2. The Hall–Kier alpha value is -2.54. The number of hydrogen-bond acceptors (Lipinski definition) is 4.